The number of carboxylic acid groups (broad SMARTS) is 1. The van der Waals surface area contributed by atoms with Gasteiger partial charge in [0.1, 0.15) is 0 Å². The molecular weight excluding hydrogens is 370 g/mol. The van der Waals surface area contributed by atoms with Crippen LogP contribution in [0.2, 0.25) is 0 Å². The predicted molar refractivity (Wildman–Crippen MR) is 45.6 cm³/mol. The van der Waals surface area contributed by atoms with E-state index in [-0.39, 0.29) is 18.9 Å². The molecule has 134 valence electrons. The fourth-order valence-corrected chi connectivity index (χ4v) is 0.904. The average Bonchev–Trinajstić information content (AvgIpc) is 2.25. The molecule has 0 aliphatic rings. The van der Waals surface area contributed by atoms with Crippen molar-refractivity contribution >= 4 is 24.8 Å². The third kappa shape index (κ3) is 3.09. The molecule has 16 heteroatoms. The number of rotatable bonds is 5. The van der Waals surface area contributed by atoms with Crippen molar-refractivity contribution in [2.24, 2.45) is 0 Å². The third-order valence-corrected chi connectivity index (χ3v) is 2.20. The molecule has 0 aliphatic heterocycles. The van der Waals surface area contributed by atoms with E-state index in [1.165, 1.54) is 0 Å². The molecular formula is C7H2F13LiO2. The monoisotopic (exact) mass is 372 g/mol. The van der Waals surface area contributed by atoms with Crippen LogP contribution in [-0.2, 0) is 4.79 Å². The first kappa shape index (κ1) is 24.4. The number of carboxylic acids is 1. The molecule has 0 bridgehead atoms. The summed E-state index contributed by atoms with van der Waals surface area (Å²) < 4.78 is 159. The first-order valence-corrected chi connectivity index (χ1v) is 4.38. The predicted octanol–water partition coefficient (Wildman–Crippen LogP) is 3.16. The minimum atomic E-state index is -8.08. The van der Waals surface area contributed by atoms with Crippen molar-refractivity contribution in [3.8, 4) is 0 Å². The standard InChI is InChI=1S/C7HF13O2.Li.H/c8-2(9,1(21)22)3(10,11)4(12,13)5(14,15)6(16,17)7(18,19)20;;/h(H,21,22);;. The summed E-state index contributed by atoms with van der Waals surface area (Å²) in [5.74, 6) is -43.0. The molecule has 0 radical (unpaired) electrons. The van der Waals surface area contributed by atoms with Crippen molar-refractivity contribution in [2.45, 2.75) is 35.8 Å². The average molecular weight is 372 g/mol. The Bertz CT molecular complexity index is 454. The molecule has 0 atom stereocenters. The van der Waals surface area contributed by atoms with Crippen LogP contribution in [0.1, 0.15) is 0 Å². The molecule has 0 aromatic rings. The molecule has 2 nitrogen and oxygen atoms in total. The molecule has 0 aromatic carbocycles. The fraction of sp³-hybridized carbons (Fsp3) is 0.857. The van der Waals surface area contributed by atoms with Crippen molar-refractivity contribution in [2.75, 3.05) is 0 Å². The van der Waals surface area contributed by atoms with Gasteiger partial charge in [-0.25, -0.2) is 4.79 Å². The van der Waals surface area contributed by atoms with Gasteiger partial charge in [-0.05, 0) is 0 Å². The van der Waals surface area contributed by atoms with E-state index >= 15 is 0 Å². The minimum absolute atomic E-state index is 0. The molecule has 1 N–H and O–H groups in total. The van der Waals surface area contributed by atoms with Gasteiger partial charge in [-0.15, -0.1) is 0 Å². The fourth-order valence-electron chi connectivity index (χ4n) is 0.904. The summed E-state index contributed by atoms with van der Waals surface area (Å²) in [4.78, 5) is 9.67. The number of carbonyl (C=O) groups is 1. The summed E-state index contributed by atoms with van der Waals surface area (Å²) in [6, 6.07) is 0. The maximum atomic E-state index is 12.6. The van der Waals surface area contributed by atoms with Gasteiger partial charge in [0.05, 0.1) is 0 Å². The summed E-state index contributed by atoms with van der Waals surface area (Å²) in [6.45, 7) is 0. The second-order valence-corrected chi connectivity index (χ2v) is 3.67. The van der Waals surface area contributed by atoms with E-state index < -0.39 is 41.8 Å². The second-order valence-electron chi connectivity index (χ2n) is 3.67. The van der Waals surface area contributed by atoms with Gasteiger partial charge in [-0.2, -0.15) is 57.1 Å². The van der Waals surface area contributed by atoms with Gasteiger partial charge in [-0.1, -0.05) is 0 Å². The van der Waals surface area contributed by atoms with Crippen LogP contribution in [-0.4, -0.2) is 65.7 Å². The number of hydrogen-bond donors (Lipinski definition) is 1. The third-order valence-electron chi connectivity index (χ3n) is 2.20. The summed E-state index contributed by atoms with van der Waals surface area (Å²) in [5, 5.41) is 7.55. The molecule has 23 heavy (non-hydrogen) atoms. The molecule has 0 fully saturated rings. The van der Waals surface area contributed by atoms with Crippen LogP contribution in [0.5, 0.6) is 0 Å². The summed E-state index contributed by atoms with van der Waals surface area (Å²) in [7, 11) is 0. The first-order chi connectivity index (χ1) is 9.19. The van der Waals surface area contributed by atoms with Crippen LogP contribution >= 0.6 is 0 Å². The van der Waals surface area contributed by atoms with Gasteiger partial charge in [0.2, 0.25) is 0 Å². The zero-order valence-corrected chi connectivity index (χ0v) is 9.27. The maximum absolute atomic E-state index is 12.6. The van der Waals surface area contributed by atoms with E-state index in [4.69, 9.17) is 5.11 Å². The van der Waals surface area contributed by atoms with E-state index in [2.05, 4.69) is 0 Å². The summed E-state index contributed by atoms with van der Waals surface area (Å²) in [6.07, 6.45) is -7.52. The van der Waals surface area contributed by atoms with Crippen molar-refractivity contribution < 1.29 is 67.0 Å². The van der Waals surface area contributed by atoms with Crippen LogP contribution in [0.15, 0.2) is 0 Å². The SMILES string of the molecule is O=C(O)C(F)(F)C(F)(F)C(F)(F)C(F)(F)C(F)(F)C(F)(F)F.[LiH]. The van der Waals surface area contributed by atoms with Crippen LogP contribution < -0.4 is 0 Å². The zero-order valence-electron chi connectivity index (χ0n) is 9.27. The van der Waals surface area contributed by atoms with Crippen molar-refractivity contribution in [1.29, 1.82) is 0 Å². The van der Waals surface area contributed by atoms with E-state index in [0.29, 0.717) is 0 Å². The molecule has 0 spiro atoms. The second kappa shape index (κ2) is 5.90. The summed E-state index contributed by atoms with van der Waals surface area (Å²) in [5.41, 5.74) is 0. The number of hydrogen-bond acceptors (Lipinski definition) is 1. The van der Waals surface area contributed by atoms with Crippen LogP contribution in [0, 0.1) is 0 Å². The zero-order chi connectivity index (χ0) is 18.6. The first-order valence-electron chi connectivity index (χ1n) is 4.38. The Labute approximate surface area is 128 Å². The Morgan fingerprint density at radius 3 is 1.04 bits per heavy atom. The van der Waals surface area contributed by atoms with Crippen LogP contribution in [0.25, 0.3) is 0 Å². The topological polar surface area (TPSA) is 37.3 Å². The van der Waals surface area contributed by atoms with Crippen molar-refractivity contribution in [3.05, 3.63) is 0 Å². The molecule has 0 rings (SSSR count). The Balaban J connectivity index is 0. The van der Waals surface area contributed by atoms with E-state index in [1.807, 2.05) is 0 Å². The normalized spacial score (nSPS) is 15.2. The molecule has 0 amide bonds. The number of halogens is 13. The van der Waals surface area contributed by atoms with E-state index in [0.717, 1.165) is 0 Å². The molecule has 0 aliphatic carbocycles. The van der Waals surface area contributed by atoms with Crippen LogP contribution in [0.3, 0.4) is 0 Å². The van der Waals surface area contributed by atoms with Gasteiger partial charge in [0.25, 0.3) is 0 Å². The number of aliphatic carboxylic acids is 1. The van der Waals surface area contributed by atoms with Crippen LogP contribution in [0.4, 0.5) is 57.1 Å². The Kier molecular flexibility index (Phi) is 6.27. The Morgan fingerprint density at radius 1 is 0.565 bits per heavy atom. The van der Waals surface area contributed by atoms with Gasteiger partial charge in [-0.3, -0.25) is 0 Å². The Hall–Kier alpha value is -0.843. The van der Waals surface area contributed by atoms with Gasteiger partial charge in [0, 0.05) is 0 Å². The van der Waals surface area contributed by atoms with Gasteiger partial charge >= 0.3 is 60.6 Å². The molecule has 0 saturated heterocycles. The quantitative estimate of drug-likeness (QED) is 0.595. The van der Waals surface area contributed by atoms with Gasteiger partial charge in [0.15, 0.2) is 0 Å². The van der Waals surface area contributed by atoms with Gasteiger partial charge < -0.3 is 5.11 Å². The molecule has 0 unspecified atom stereocenters. The Morgan fingerprint density at radius 2 is 0.826 bits per heavy atom. The molecule has 0 saturated carbocycles. The summed E-state index contributed by atoms with van der Waals surface area (Å²) >= 11 is 0. The molecule has 0 aromatic heterocycles. The van der Waals surface area contributed by atoms with Crippen molar-refractivity contribution in [1.82, 2.24) is 0 Å². The van der Waals surface area contributed by atoms with Crippen molar-refractivity contribution in [3.63, 3.8) is 0 Å². The number of alkyl halides is 13. The molecule has 0 heterocycles. The van der Waals surface area contributed by atoms with E-state index in [1.54, 1.807) is 0 Å². The van der Waals surface area contributed by atoms with E-state index in [9.17, 15) is 61.9 Å².